The van der Waals surface area contributed by atoms with Crippen LogP contribution in [0.4, 0.5) is 5.69 Å². The Morgan fingerprint density at radius 3 is 2.32 bits per heavy atom. The summed E-state index contributed by atoms with van der Waals surface area (Å²) in [4.78, 5) is 13.6. The van der Waals surface area contributed by atoms with Crippen LogP contribution in [0.15, 0.2) is 29.8 Å². The molecule has 0 spiro atoms. The third kappa shape index (κ3) is 4.47. The van der Waals surface area contributed by atoms with Crippen LogP contribution in [0.5, 0.6) is 0 Å². The Bertz CT molecular complexity index is 508. The lowest BCUT2D eigenvalue weighted by molar-refractivity contribution is -0.142. The van der Waals surface area contributed by atoms with Gasteiger partial charge in [0.2, 0.25) is 0 Å². The van der Waals surface area contributed by atoms with Gasteiger partial charge < -0.3 is 9.64 Å². The van der Waals surface area contributed by atoms with Gasteiger partial charge in [0, 0.05) is 19.8 Å². The van der Waals surface area contributed by atoms with E-state index in [1.54, 1.807) is 13.8 Å². The summed E-state index contributed by atoms with van der Waals surface area (Å²) in [5, 5.41) is 8.99. The molecular formula is C15H18N2O2. The molecule has 0 N–H and O–H groups in total. The van der Waals surface area contributed by atoms with Crippen LogP contribution in [-0.4, -0.2) is 26.2 Å². The minimum Gasteiger partial charge on any atom is -0.459 e. The van der Waals surface area contributed by atoms with Crippen LogP contribution < -0.4 is 4.90 Å². The number of hydrogen-bond acceptors (Lipinski definition) is 4. The van der Waals surface area contributed by atoms with E-state index in [0.29, 0.717) is 0 Å². The minimum absolute atomic E-state index is 0.00584. The van der Waals surface area contributed by atoms with E-state index in [9.17, 15) is 4.79 Å². The van der Waals surface area contributed by atoms with Crippen LogP contribution >= 0.6 is 0 Å². The lowest BCUT2D eigenvalue weighted by Gasteiger charge is -2.12. The highest BCUT2D eigenvalue weighted by Crippen LogP contribution is 2.15. The molecule has 0 atom stereocenters. The molecule has 0 aliphatic rings. The molecule has 1 aromatic carbocycles. The molecule has 0 unspecified atom stereocenters. The standard InChI is InChI=1S/C15H18N2O2/c1-11(2)19-15(18)13(10-16)9-12-5-7-14(8-6-12)17(3)4/h5-9,11H,1-4H3/b13-9+. The van der Waals surface area contributed by atoms with Gasteiger partial charge in [-0.1, -0.05) is 12.1 Å². The van der Waals surface area contributed by atoms with Gasteiger partial charge in [0.05, 0.1) is 6.10 Å². The topological polar surface area (TPSA) is 53.3 Å². The van der Waals surface area contributed by atoms with Gasteiger partial charge in [0.1, 0.15) is 11.6 Å². The zero-order chi connectivity index (χ0) is 14.4. The number of esters is 1. The van der Waals surface area contributed by atoms with Crippen LogP contribution in [0.2, 0.25) is 0 Å². The van der Waals surface area contributed by atoms with Crippen molar-refractivity contribution < 1.29 is 9.53 Å². The van der Waals surface area contributed by atoms with E-state index in [1.165, 1.54) is 6.08 Å². The fourth-order valence-corrected chi connectivity index (χ4v) is 1.45. The SMILES string of the molecule is CC(C)OC(=O)/C(C#N)=C/c1ccc(N(C)C)cc1. The Labute approximate surface area is 113 Å². The van der Waals surface area contributed by atoms with Crippen LogP contribution in [0.3, 0.4) is 0 Å². The summed E-state index contributed by atoms with van der Waals surface area (Å²) in [5.74, 6) is -0.589. The highest BCUT2D eigenvalue weighted by molar-refractivity contribution is 5.98. The number of benzene rings is 1. The normalized spacial score (nSPS) is 11.1. The van der Waals surface area contributed by atoms with Gasteiger partial charge in [-0.3, -0.25) is 0 Å². The summed E-state index contributed by atoms with van der Waals surface area (Å²) in [6.07, 6.45) is 1.30. The third-order valence-electron chi connectivity index (χ3n) is 2.40. The predicted molar refractivity (Wildman–Crippen MR) is 75.6 cm³/mol. The molecule has 0 aliphatic heterocycles. The van der Waals surface area contributed by atoms with Crippen LogP contribution in [0.1, 0.15) is 19.4 Å². The Hall–Kier alpha value is -2.28. The fourth-order valence-electron chi connectivity index (χ4n) is 1.45. The number of carbonyl (C=O) groups excluding carboxylic acids is 1. The second-order valence-corrected chi connectivity index (χ2v) is 4.61. The lowest BCUT2D eigenvalue weighted by Crippen LogP contribution is -2.12. The minimum atomic E-state index is -0.589. The van der Waals surface area contributed by atoms with Gasteiger partial charge in [-0.2, -0.15) is 5.26 Å². The molecular weight excluding hydrogens is 240 g/mol. The second kappa shape index (κ2) is 6.60. The smallest absolute Gasteiger partial charge is 0.349 e. The zero-order valence-electron chi connectivity index (χ0n) is 11.7. The maximum Gasteiger partial charge on any atom is 0.349 e. The molecule has 0 aliphatic carbocycles. The third-order valence-corrected chi connectivity index (χ3v) is 2.40. The van der Waals surface area contributed by atoms with Crippen LogP contribution in [-0.2, 0) is 9.53 Å². The fraction of sp³-hybridized carbons (Fsp3) is 0.333. The maximum absolute atomic E-state index is 11.6. The number of nitrogens with zero attached hydrogens (tertiary/aromatic N) is 2. The molecule has 0 bridgehead atoms. The Morgan fingerprint density at radius 1 is 1.32 bits per heavy atom. The molecule has 0 aromatic heterocycles. The summed E-state index contributed by atoms with van der Waals surface area (Å²) in [7, 11) is 3.90. The number of anilines is 1. The summed E-state index contributed by atoms with van der Waals surface area (Å²) >= 11 is 0. The largest absolute Gasteiger partial charge is 0.459 e. The first-order valence-corrected chi connectivity index (χ1v) is 6.04. The number of rotatable bonds is 4. The molecule has 1 rings (SSSR count). The molecule has 4 nitrogen and oxygen atoms in total. The highest BCUT2D eigenvalue weighted by Gasteiger charge is 2.12. The predicted octanol–water partition coefficient (Wildman–Crippen LogP) is 2.61. The van der Waals surface area contributed by atoms with Gasteiger partial charge in [0.15, 0.2) is 0 Å². The quantitative estimate of drug-likeness (QED) is 0.473. The van der Waals surface area contributed by atoms with Crippen molar-refractivity contribution in [3.63, 3.8) is 0 Å². The van der Waals surface area contributed by atoms with Gasteiger partial charge in [-0.15, -0.1) is 0 Å². The molecule has 100 valence electrons. The van der Waals surface area contributed by atoms with Crippen molar-refractivity contribution in [1.82, 2.24) is 0 Å². The average Bonchev–Trinajstić information content (AvgIpc) is 2.35. The molecule has 0 fully saturated rings. The first-order valence-electron chi connectivity index (χ1n) is 6.04. The second-order valence-electron chi connectivity index (χ2n) is 4.61. The van der Waals surface area contributed by atoms with Crippen molar-refractivity contribution in [2.75, 3.05) is 19.0 Å². The summed E-state index contributed by atoms with van der Waals surface area (Å²) in [5.41, 5.74) is 1.86. The van der Waals surface area contributed by atoms with Crippen molar-refractivity contribution in [2.24, 2.45) is 0 Å². The van der Waals surface area contributed by atoms with E-state index in [-0.39, 0.29) is 11.7 Å². The Balaban J connectivity index is 2.92. The van der Waals surface area contributed by atoms with Crippen LogP contribution in [0, 0.1) is 11.3 Å². The molecule has 0 heterocycles. The van der Waals surface area contributed by atoms with E-state index in [4.69, 9.17) is 10.00 Å². The molecule has 0 saturated heterocycles. The Kier molecular flexibility index (Phi) is 5.13. The van der Waals surface area contributed by atoms with Gasteiger partial charge in [0.25, 0.3) is 0 Å². The first-order chi connectivity index (χ1) is 8.93. The first kappa shape index (κ1) is 14.8. The highest BCUT2D eigenvalue weighted by atomic mass is 16.5. The summed E-state index contributed by atoms with van der Waals surface area (Å²) < 4.78 is 5.00. The van der Waals surface area contributed by atoms with E-state index in [0.717, 1.165) is 11.3 Å². The molecule has 0 saturated carbocycles. The maximum atomic E-state index is 11.6. The lowest BCUT2D eigenvalue weighted by atomic mass is 10.1. The van der Waals surface area contributed by atoms with Gasteiger partial charge in [-0.25, -0.2) is 4.79 Å². The number of ether oxygens (including phenoxy) is 1. The number of carbonyl (C=O) groups is 1. The summed E-state index contributed by atoms with van der Waals surface area (Å²) in [6, 6.07) is 9.43. The van der Waals surface area contributed by atoms with Gasteiger partial charge >= 0.3 is 5.97 Å². The van der Waals surface area contributed by atoms with E-state index in [2.05, 4.69) is 0 Å². The van der Waals surface area contributed by atoms with Crippen molar-refractivity contribution in [1.29, 1.82) is 5.26 Å². The molecule has 4 heteroatoms. The molecule has 0 amide bonds. The van der Waals surface area contributed by atoms with Crippen LogP contribution in [0.25, 0.3) is 6.08 Å². The molecule has 0 radical (unpaired) electrons. The van der Waals surface area contributed by atoms with Crippen molar-refractivity contribution in [3.05, 3.63) is 35.4 Å². The molecule has 19 heavy (non-hydrogen) atoms. The van der Waals surface area contributed by atoms with Crippen molar-refractivity contribution in [3.8, 4) is 6.07 Å². The van der Waals surface area contributed by atoms with Crippen molar-refractivity contribution >= 4 is 17.7 Å². The van der Waals surface area contributed by atoms with Crippen molar-refractivity contribution in [2.45, 2.75) is 20.0 Å². The van der Waals surface area contributed by atoms with E-state index >= 15 is 0 Å². The number of hydrogen-bond donors (Lipinski definition) is 0. The zero-order valence-corrected chi connectivity index (χ0v) is 11.7. The monoisotopic (exact) mass is 258 g/mol. The van der Waals surface area contributed by atoms with Gasteiger partial charge in [-0.05, 0) is 37.6 Å². The average molecular weight is 258 g/mol. The summed E-state index contributed by atoms with van der Waals surface area (Å²) in [6.45, 7) is 3.50. The van der Waals surface area contributed by atoms with E-state index < -0.39 is 5.97 Å². The van der Waals surface area contributed by atoms with E-state index in [1.807, 2.05) is 49.3 Å². The Morgan fingerprint density at radius 2 is 1.89 bits per heavy atom. The number of nitriles is 1. The molecule has 1 aromatic rings.